The van der Waals surface area contributed by atoms with Gasteiger partial charge in [-0.25, -0.2) is 0 Å². The van der Waals surface area contributed by atoms with Gasteiger partial charge in [-0.2, -0.15) is 0 Å². The first-order valence-electron chi connectivity index (χ1n) is 4.78. The summed E-state index contributed by atoms with van der Waals surface area (Å²) in [5.74, 6) is 3.37. The normalized spacial score (nSPS) is 10.9. The third-order valence-corrected chi connectivity index (χ3v) is 5.44. The minimum atomic E-state index is 0.462. The first kappa shape index (κ1) is 13.6. The van der Waals surface area contributed by atoms with Crippen molar-refractivity contribution >= 4 is 46.7 Å². The third-order valence-electron chi connectivity index (χ3n) is 1.76. The summed E-state index contributed by atoms with van der Waals surface area (Å²) in [4.78, 5) is 0. The molecule has 0 radical (unpaired) electrons. The van der Waals surface area contributed by atoms with Crippen LogP contribution in [0.25, 0.3) is 0 Å². The lowest BCUT2D eigenvalue weighted by Gasteiger charge is -2.15. The number of benzene rings is 1. The van der Waals surface area contributed by atoms with Crippen LogP contribution in [0.4, 0.5) is 0 Å². The molecule has 1 aromatic rings. The summed E-state index contributed by atoms with van der Waals surface area (Å²) in [5, 5.41) is 0. The molecule has 0 spiro atoms. The minimum absolute atomic E-state index is 0.462. The Balaban J connectivity index is 2.55. The summed E-state index contributed by atoms with van der Waals surface area (Å²) >= 11 is 15.2. The van der Waals surface area contributed by atoms with E-state index in [2.05, 4.69) is 24.3 Å². The van der Waals surface area contributed by atoms with Crippen molar-refractivity contribution in [3.8, 4) is 0 Å². The van der Waals surface area contributed by atoms with Gasteiger partial charge in [0.1, 0.15) is 0 Å². The molecule has 15 heavy (non-hydrogen) atoms. The lowest BCUT2D eigenvalue weighted by Crippen LogP contribution is -1.94. The second-order valence-electron chi connectivity index (χ2n) is 2.86. The van der Waals surface area contributed by atoms with Crippen LogP contribution in [-0.4, -0.2) is 23.3 Å². The predicted octanol–water partition coefficient (Wildman–Crippen LogP) is 4.63. The molecule has 0 aromatic heterocycles. The van der Waals surface area contributed by atoms with Crippen LogP contribution >= 0.6 is 46.7 Å². The minimum Gasteiger partial charge on any atom is -0.142 e. The molecule has 0 aliphatic rings. The Morgan fingerprint density at radius 1 is 0.933 bits per heavy atom. The monoisotopic (exact) mass is 280 g/mol. The van der Waals surface area contributed by atoms with Crippen molar-refractivity contribution < 1.29 is 0 Å². The molecule has 0 atom stereocenters. The Labute approximate surface area is 110 Å². The van der Waals surface area contributed by atoms with E-state index in [1.807, 2.05) is 29.6 Å². The van der Waals surface area contributed by atoms with Gasteiger partial charge in [-0.15, -0.1) is 46.7 Å². The van der Waals surface area contributed by atoms with Crippen LogP contribution in [0.15, 0.2) is 30.3 Å². The zero-order valence-corrected chi connectivity index (χ0v) is 11.5. The number of thioether (sulfide) groups is 2. The van der Waals surface area contributed by atoms with Crippen molar-refractivity contribution in [2.45, 2.75) is 4.58 Å². The molecule has 0 saturated heterocycles. The lowest BCUT2D eigenvalue weighted by atomic mass is 10.2. The third kappa shape index (κ3) is 5.39. The molecule has 0 bridgehead atoms. The van der Waals surface area contributed by atoms with E-state index >= 15 is 0 Å². The van der Waals surface area contributed by atoms with Crippen LogP contribution in [0.5, 0.6) is 0 Å². The van der Waals surface area contributed by atoms with Crippen LogP contribution in [0, 0.1) is 0 Å². The Bertz CT molecular complexity index is 246. The van der Waals surface area contributed by atoms with Gasteiger partial charge in [0, 0.05) is 23.3 Å². The molecule has 0 amide bonds. The maximum Gasteiger partial charge on any atom is 0.0752 e. The van der Waals surface area contributed by atoms with E-state index in [4.69, 9.17) is 23.2 Å². The predicted molar refractivity (Wildman–Crippen MR) is 75.5 cm³/mol. The van der Waals surface area contributed by atoms with E-state index in [0.717, 1.165) is 11.5 Å². The standard InChI is InChI=1S/C11H14Cl2S2/c12-6-8-14-11(15-9-7-13)10-4-2-1-3-5-10/h1-5,11H,6-9H2. The van der Waals surface area contributed by atoms with Crippen LogP contribution in [0.1, 0.15) is 10.1 Å². The van der Waals surface area contributed by atoms with Crippen LogP contribution in [-0.2, 0) is 0 Å². The average Bonchev–Trinajstić information content (AvgIpc) is 2.30. The maximum absolute atomic E-state index is 5.71. The van der Waals surface area contributed by atoms with Gasteiger partial charge in [0.2, 0.25) is 0 Å². The average molecular weight is 281 g/mol. The molecule has 0 nitrogen and oxygen atoms in total. The van der Waals surface area contributed by atoms with E-state index in [0.29, 0.717) is 16.3 Å². The second-order valence-corrected chi connectivity index (χ2v) is 6.34. The molecule has 1 aromatic carbocycles. The van der Waals surface area contributed by atoms with Crippen molar-refractivity contribution in [1.29, 1.82) is 0 Å². The molecule has 0 saturated carbocycles. The van der Waals surface area contributed by atoms with Crippen LogP contribution in [0.2, 0.25) is 0 Å². The largest absolute Gasteiger partial charge is 0.142 e. The zero-order valence-electron chi connectivity index (χ0n) is 8.36. The van der Waals surface area contributed by atoms with Gasteiger partial charge in [0.15, 0.2) is 0 Å². The highest BCUT2D eigenvalue weighted by molar-refractivity contribution is 8.16. The number of halogens is 2. The van der Waals surface area contributed by atoms with Gasteiger partial charge in [0.05, 0.1) is 4.58 Å². The van der Waals surface area contributed by atoms with Crippen molar-refractivity contribution in [3.63, 3.8) is 0 Å². The summed E-state index contributed by atoms with van der Waals surface area (Å²) in [5.41, 5.74) is 1.35. The van der Waals surface area contributed by atoms with Gasteiger partial charge in [-0.3, -0.25) is 0 Å². The van der Waals surface area contributed by atoms with Crippen LogP contribution in [0.3, 0.4) is 0 Å². The van der Waals surface area contributed by atoms with E-state index in [-0.39, 0.29) is 0 Å². The lowest BCUT2D eigenvalue weighted by molar-refractivity contribution is 1.35. The first-order chi connectivity index (χ1) is 7.38. The Hall–Kier alpha value is 0.500. The quantitative estimate of drug-likeness (QED) is 0.528. The zero-order chi connectivity index (χ0) is 10.9. The second kappa shape index (κ2) is 8.63. The highest BCUT2D eigenvalue weighted by atomic mass is 35.5. The van der Waals surface area contributed by atoms with E-state index in [1.54, 1.807) is 0 Å². The maximum atomic E-state index is 5.71. The Morgan fingerprint density at radius 2 is 1.47 bits per heavy atom. The fourth-order valence-electron chi connectivity index (χ4n) is 1.15. The van der Waals surface area contributed by atoms with Gasteiger partial charge in [-0.05, 0) is 5.56 Å². The van der Waals surface area contributed by atoms with Gasteiger partial charge >= 0.3 is 0 Å². The molecule has 4 heteroatoms. The highest BCUT2D eigenvalue weighted by Gasteiger charge is 2.11. The van der Waals surface area contributed by atoms with Gasteiger partial charge in [0.25, 0.3) is 0 Å². The molecule has 0 fully saturated rings. The SMILES string of the molecule is ClCCSC(SCCCl)c1ccccc1. The fraction of sp³-hybridized carbons (Fsp3) is 0.455. The summed E-state index contributed by atoms with van der Waals surface area (Å²) in [6, 6.07) is 10.5. The first-order valence-corrected chi connectivity index (χ1v) is 7.95. The van der Waals surface area contributed by atoms with Crippen LogP contribution < -0.4 is 0 Å². The van der Waals surface area contributed by atoms with Crippen molar-refractivity contribution in [3.05, 3.63) is 35.9 Å². The summed E-state index contributed by atoms with van der Waals surface area (Å²) in [7, 11) is 0. The number of rotatable bonds is 7. The molecular formula is C11H14Cl2S2. The van der Waals surface area contributed by atoms with E-state index in [9.17, 15) is 0 Å². The van der Waals surface area contributed by atoms with Crippen molar-refractivity contribution in [1.82, 2.24) is 0 Å². The van der Waals surface area contributed by atoms with Gasteiger partial charge < -0.3 is 0 Å². The van der Waals surface area contributed by atoms with Gasteiger partial charge in [-0.1, -0.05) is 30.3 Å². The van der Waals surface area contributed by atoms with E-state index in [1.165, 1.54) is 5.56 Å². The molecule has 1 rings (SSSR count). The topological polar surface area (TPSA) is 0 Å². The smallest absolute Gasteiger partial charge is 0.0752 e. The Morgan fingerprint density at radius 3 is 1.93 bits per heavy atom. The molecule has 0 heterocycles. The summed E-state index contributed by atoms with van der Waals surface area (Å²) in [6.07, 6.45) is 0. The molecule has 0 N–H and O–H groups in total. The number of hydrogen-bond donors (Lipinski definition) is 0. The summed E-state index contributed by atoms with van der Waals surface area (Å²) in [6.45, 7) is 0. The van der Waals surface area contributed by atoms with Crippen molar-refractivity contribution in [2.75, 3.05) is 23.3 Å². The molecule has 0 unspecified atom stereocenters. The van der Waals surface area contributed by atoms with Crippen molar-refractivity contribution in [2.24, 2.45) is 0 Å². The Kier molecular flexibility index (Phi) is 7.80. The summed E-state index contributed by atoms with van der Waals surface area (Å²) < 4.78 is 0.462. The molecule has 0 aliphatic heterocycles. The number of alkyl halides is 2. The van der Waals surface area contributed by atoms with E-state index < -0.39 is 0 Å². The molecular weight excluding hydrogens is 267 g/mol. The molecule has 84 valence electrons. The fourth-order valence-corrected chi connectivity index (χ4v) is 3.96. The number of hydrogen-bond acceptors (Lipinski definition) is 2. The highest BCUT2D eigenvalue weighted by Crippen LogP contribution is 2.39. The molecule has 0 aliphatic carbocycles.